The smallest absolute Gasteiger partial charge is 0.0257 e. The van der Waals surface area contributed by atoms with Crippen molar-refractivity contribution < 1.29 is 0 Å². The van der Waals surface area contributed by atoms with Crippen LogP contribution in [-0.4, -0.2) is 5.88 Å². The SMILES string of the molecule is ClCC(Cc1cccc(Br)c1)C1CCCCC1. The summed E-state index contributed by atoms with van der Waals surface area (Å²) in [6.45, 7) is 0. The van der Waals surface area contributed by atoms with E-state index in [-0.39, 0.29) is 0 Å². The Bertz CT molecular complexity index is 345. The Kier molecular flexibility index (Phi) is 5.37. The van der Waals surface area contributed by atoms with E-state index in [1.54, 1.807) is 0 Å². The van der Waals surface area contributed by atoms with E-state index in [2.05, 4.69) is 40.2 Å². The normalized spacial score (nSPS) is 19.2. The Morgan fingerprint density at radius 3 is 2.65 bits per heavy atom. The highest BCUT2D eigenvalue weighted by molar-refractivity contribution is 9.10. The Morgan fingerprint density at radius 1 is 1.24 bits per heavy atom. The van der Waals surface area contributed by atoms with Crippen LogP contribution in [0.15, 0.2) is 28.7 Å². The summed E-state index contributed by atoms with van der Waals surface area (Å²) in [5.41, 5.74) is 1.41. The monoisotopic (exact) mass is 314 g/mol. The molecule has 1 fully saturated rings. The van der Waals surface area contributed by atoms with Crippen LogP contribution in [0.25, 0.3) is 0 Å². The molecule has 0 nitrogen and oxygen atoms in total. The number of halogens is 2. The second-order valence-corrected chi connectivity index (χ2v) is 6.37. The molecule has 0 heterocycles. The van der Waals surface area contributed by atoms with Gasteiger partial charge in [0.1, 0.15) is 0 Å². The lowest BCUT2D eigenvalue weighted by Gasteiger charge is -2.29. The lowest BCUT2D eigenvalue weighted by Crippen LogP contribution is -2.21. The lowest BCUT2D eigenvalue weighted by molar-refractivity contribution is 0.265. The predicted molar refractivity (Wildman–Crippen MR) is 78.6 cm³/mol. The molecule has 1 aromatic carbocycles. The van der Waals surface area contributed by atoms with Crippen molar-refractivity contribution in [2.45, 2.75) is 38.5 Å². The molecule has 0 spiro atoms. The first-order valence-electron chi connectivity index (χ1n) is 6.60. The van der Waals surface area contributed by atoms with Gasteiger partial charge in [0.05, 0.1) is 0 Å². The highest BCUT2D eigenvalue weighted by Gasteiger charge is 2.23. The molecule has 1 aromatic rings. The molecule has 1 saturated carbocycles. The standard InChI is InChI=1S/C15H20BrCl/c16-15-8-4-5-12(10-15)9-14(11-17)13-6-2-1-3-7-13/h4-5,8,10,13-14H,1-3,6-7,9,11H2. The van der Waals surface area contributed by atoms with E-state index >= 15 is 0 Å². The second-order valence-electron chi connectivity index (χ2n) is 5.15. The lowest BCUT2D eigenvalue weighted by atomic mass is 9.78. The maximum absolute atomic E-state index is 6.18. The van der Waals surface area contributed by atoms with Crippen molar-refractivity contribution in [2.24, 2.45) is 11.8 Å². The van der Waals surface area contributed by atoms with Crippen molar-refractivity contribution in [2.75, 3.05) is 5.88 Å². The summed E-state index contributed by atoms with van der Waals surface area (Å²) in [6.07, 6.45) is 8.11. The fourth-order valence-electron chi connectivity index (χ4n) is 2.92. The molecular weight excluding hydrogens is 296 g/mol. The Hall–Kier alpha value is -0.0100. The van der Waals surface area contributed by atoms with Gasteiger partial charge < -0.3 is 0 Å². The van der Waals surface area contributed by atoms with Gasteiger partial charge in [0.15, 0.2) is 0 Å². The third-order valence-electron chi connectivity index (χ3n) is 3.90. The minimum Gasteiger partial charge on any atom is -0.126 e. The predicted octanol–water partition coefficient (Wildman–Crippen LogP) is 5.43. The molecule has 94 valence electrons. The van der Waals surface area contributed by atoms with Crippen molar-refractivity contribution in [1.82, 2.24) is 0 Å². The molecule has 1 aliphatic carbocycles. The summed E-state index contributed by atoms with van der Waals surface area (Å²) in [5, 5.41) is 0. The van der Waals surface area contributed by atoms with E-state index in [4.69, 9.17) is 11.6 Å². The maximum Gasteiger partial charge on any atom is 0.0257 e. The molecular formula is C15H20BrCl. The van der Waals surface area contributed by atoms with E-state index in [0.29, 0.717) is 5.92 Å². The summed E-state index contributed by atoms with van der Waals surface area (Å²) in [5.74, 6) is 2.31. The summed E-state index contributed by atoms with van der Waals surface area (Å²) in [6, 6.07) is 8.64. The summed E-state index contributed by atoms with van der Waals surface area (Å²) in [4.78, 5) is 0. The van der Waals surface area contributed by atoms with E-state index in [1.165, 1.54) is 42.1 Å². The number of alkyl halides is 1. The van der Waals surface area contributed by atoms with E-state index < -0.39 is 0 Å². The average Bonchev–Trinajstić information content (AvgIpc) is 2.37. The van der Waals surface area contributed by atoms with E-state index in [9.17, 15) is 0 Å². The zero-order valence-corrected chi connectivity index (χ0v) is 12.5. The molecule has 0 aromatic heterocycles. The first-order chi connectivity index (χ1) is 8.29. The molecule has 1 atom stereocenters. The fourth-order valence-corrected chi connectivity index (χ4v) is 3.73. The van der Waals surface area contributed by atoms with Gasteiger partial charge in [-0.25, -0.2) is 0 Å². The van der Waals surface area contributed by atoms with Gasteiger partial charge in [-0.15, -0.1) is 11.6 Å². The molecule has 0 saturated heterocycles. The molecule has 2 rings (SSSR count). The minimum absolute atomic E-state index is 0.659. The Labute approximate surface area is 118 Å². The van der Waals surface area contributed by atoms with Crippen LogP contribution in [0, 0.1) is 11.8 Å². The first-order valence-corrected chi connectivity index (χ1v) is 7.93. The topological polar surface area (TPSA) is 0 Å². The third-order valence-corrected chi connectivity index (χ3v) is 4.79. The van der Waals surface area contributed by atoms with Crippen LogP contribution in [0.4, 0.5) is 0 Å². The number of hydrogen-bond donors (Lipinski definition) is 0. The molecule has 0 N–H and O–H groups in total. The van der Waals surface area contributed by atoms with Crippen molar-refractivity contribution in [1.29, 1.82) is 0 Å². The highest BCUT2D eigenvalue weighted by Crippen LogP contribution is 2.32. The summed E-state index contributed by atoms with van der Waals surface area (Å²) < 4.78 is 1.17. The Balaban J connectivity index is 1.98. The summed E-state index contributed by atoms with van der Waals surface area (Å²) in [7, 11) is 0. The van der Waals surface area contributed by atoms with Gasteiger partial charge in [-0.1, -0.05) is 60.2 Å². The van der Waals surface area contributed by atoms with Crippen LogP contribution in [-0.2, 0) is 6.42 Å². The molecule has 0 amide bonds. The van der Waals surface area contributed by atoms with Crippen molar-refractivity contribution in [3.05, 3.63) is 34.3 Å². The van der Waals surface area contributed by atoms with Gasteiger partial charge in [-0.2, -0.15) is 0 Å². The van der Waals surface area contributed by atoms with Gasteiger partial charge in [-0.3, -0.25) is 0 Å². The van der Waals surface area contributed by atoms with E-state index in [0.717, 1.165) is 18.2 Å². The molecule has 2 heteroatoms. The fraction of sp³-hybridized carbons (Fsp3) is 0.600. The maximum atomic E-state index is 6.18. The number of benzene rings is 1. The molecule has 0 radical (unpaired) electrons. The molecule has 1 aliphatic rings. The zero-order valence-electron chi connectivity index (χ0n) is 10.2. The first kappa shape index (κ1) is 13.4. The second kappa shape index (κ2) is 6.80. The quantitative estimate of drug-likeness (QED) is 0.650. The van der Waals surface area contributed by atoms with Crippen LogP contribution in [0.1, 0.15) is 37.7 Å². The van der Waals surface area contributed by atoms with Gasteiger partial charge >= 0.3 is 0 Å². The van der Waals surface area contributed by atoms with E-state index in [1.807, 2.05) is 0 Å². The highest BCUT2D eigenvalue weighted by atomic mass is 79.9. The van der Waals surface area contributed by atoms with Crippen LogP contribution in [0.3, 0.4) is 0 Å². The van der Waals surface area contributed by atoms with Crippen molar-refractivity contribution >= 4 is 27.5 Å². The molecule has 0 aliphatic heterocycles. The van der Waals surface area contributed by atoms with Crippen molar-refractivity contribution in [3.8, 4) is 0 Å². The molecule has 1 unspecified atom stereocenters. The largest absolute Gasteiger partial charge is 0.126 e. The zero-order chi connectivity index (χ0) is 12.1. The number of hydrogen-bond acceptors (Lipinski definition) is 0. The molecule has 0 bridgehead atoms. The van der Waals surface area contributed by atoms with Gasteiger partial charge in [-0.05, 0) is 36.0 Å². The average molecular weight is 316 g/mol. The van der Waals surface area contributed by atoms with Crippen LogP contribution >= 0.6 is 27.5 Å². The van der Waals surface area contributed by atoms with Gasteiger partial charge in [0.2, 0.25) is 0 Å². The third kappa shape index (κ3) is 3.99. The molecule has 17 heavy (non-hydrogen) atoms. The van der Waals surface area contributed by atoms with Gasteiger partial charge in [0, 0.05) is 10.4 Å². The summed E-state index contributed by atoms with van der Waals surface area (Å²) >= 11 is 9.72. The van der Waals surface area contributed by atoms with Gasteiger partial charge in [0.25, 0.3) is 0 Å². The van der Waals surface area contributed by atoms with Crippen LogP contribution in [0.5, 0.6) is 0 Å². The number of rotatable bonds is 4. The van der Waals surface area contributed by atoms with Crippen LogP contribution < -0.4 is 0 Å². The van der Waals surface area contributed by atoms with Crippen LogP contribution in [0.2, 0.25) is 0 Å². The minimum atomic E-state index is 0.659. The van der Waals surface area contributed by atoms with Crippen molar-refractivity contribution in [3.63, 3.8) is 0 Å². The Morgan fingerprint density at radius 2 is 2.00 bits per heavy atom.